The molecule has 0 saturated heterocycles. The summed E-state index contributed by atoms with van der Waals surface area (Å²) in [6.45, 7) is -0.455. The third kappa shape index (κ3) is 4.58. The summed E-state index contributed by atoms with van der Waals surface area (Å²) in [5, 5.41) is 5.98. The van der Waals surface area contributed by atoms with Gasteiger partial charge in [-0.1, -0.05) is 41.9 Å². The Morgan fingerprint density at radius 2 is 1.79 bits per heavy atom. The molecule has 0 fully saturated rings. The predicted octanol–water partition coefficient (Wildman–Crippen LogP) is 4.22. The normalized spacial score (nSPS) is 11.3. The van der Waals surface area contributed by atoms with Crippen molar-refractivity contribution in [3.63, 3.8) is 0 Å². The van der Waals surface area contributed by atoms with E-state index < -0.39 is 34.8 Å². The van der Waals surface area contributed by atoms with Gasteiger partial charge in [-0.25, -0.2) is 4.68 Å². The minimum atomic E-state index is -4.65. The van der Waals surface area contributed by atoms with Gasteiger partial charge in [-0.05, 0) is 24.3 Å². The van der Waals surface area contributed by atoms with E-state index in [1.54, 1.807) is 24.3 Å². The highest BCUT2D eigenvalue weighted by atomic mass is 35.5. The van der Waals surface area contributed by atoms with Gasteiger partial charge in [0.1, 0.15) is 6.54 Å². The second-order valence-electron chi connectivity index (χ2n) is 5.82. The van der Waals surface area contributed by atoms with Crippen molar-refractivity contribution in [2.24, 2.45) is 0 Å². The molecule has 0 spiro atoms. The number of carbonyl (C=O) groups is 1. The first-order valence-electron chi connectivity index (χ1n) is 8.04. The maximum Gasteiger partial charge on any atom is 0.417 e. The molecule has 9 heteroatoms. The number of hydrogen-bond acceptors (Lipinski definition) is 3. The van der Waals surface area contributed by atoms with E-state index in [1.165, 1.54) is 18.2 Å². The Morgan fingerprint density at radius 3 is 2.46 bits per heavy atom. The topological polar surface area (TPSA) is 64.0 Å². The van der Waals surface area contributed by atoms with Gasteiger partial charge >= 0.3 is 6.18 Å². The van der Waals surface area contributed by atoms with E-state index in [2.05, 4.69) is 10.4 Å². The molecule has 0 saturated carbocycles. The molecule has 1 heterocycles. The van der Waals surface area contributed by atoms with Crippen molar-refractivity contribution in [3.05, 3.63) is 81.6 Å². The highest BCUT2D eigenvalue weighted by molar-refractivity contribution is 6.31. The predicted molar refractivity (Wildman–Crippen MR) is 99.0 cm³/mol. The molecule has 0 bridgehead atoms. The number of carbonyl (C=O) groups excluding carboxylic acids is 1. The van der Waals surface area contributed by atoms with Crippen LogP contribution in [0.2, 0.25) is 5.02 Å². The molecular weight excluding hydrogens is 395 g/mol. The zero-order valence-electron chi connectivity index (χ0n) is 14.2. The molecule has 0 radical (unpaired) electrons. The fourth-order valence-electron chi connectivity index (χ4n) is 2.48. The fourth-order valence-corrected chi connectivity index (χ4v) is 2.71. The number of hydrogen-bond donors (Lipinski definition) is 1. The molecule has 0 aliphatic carbocycles. The molecule has 0 aliphatic rings. The van der Waals surface area contributed by atoms with Gasteiger partial charge in [0.15, 0.2) is 0 Å². The van der Waals surface area contributed by atoms with E-state index in [0.29, 0.717) is 5.69 Å². The highest BCUT2D eigenvalue weighted by Gasteiger charge is 2.33. The lowest BCUT2D eigenvalue weighted by Crippen LogP contribution is -2.29. The smallest absolute Gasteiger partial charge is 0.324 e. The summed E-state index contributed by atoms with van der Waals surface area (Å²) in [5.74, 6) is -0.699. The molecule has 1 amide bonds. The first-order valence-corrected chi connectivity index (χ1v) is 8.42. The number of benzene rings is 2. The van der Waals surface area contributed by atoms with Crippen molar-refractivity contribution in [2.75, 3.05) is 5.32 Å². The monoisotopic (exact) mass is 407 g/mol. The third-order valence-electron chi connectivity index (χ3n) is 3.79. The highest BCUT2D eigenvalue weighted by Crippen LogP contribution is 2.36. The van der Waals surface area contributed by atoms with Crippen molar-refractivity contribution in [1.82, 2.24) is 9.78 Å². The van der Waals surface area contributed by atoms with Crippen LogP contribution < -0.4 is 10.9 Å². The fraction of sp³-hybridized carbons (Fsp3) is 0.105. The van der Waals surface area contributed by atoms with Crippen LogP contribution in [0.1, 0.15) is 5.56 Å². The summed E-state index contributed by atoms with van der Waals surface area (Å²) >= 11 is 5.56. The van der Waals surface area contributed by atoms with Crippen molar-refractivity contribution in [3.8, 4) is 11.3 Å². The zero-order valence-corrected chi connectivity index (χ0v) is 15.0. The van der Waals surface area contributed by atoms with Crippen LogP contribution >= 0.6 is 11.6 Å². The van der Waals surface area contributed by atoms with Crippen LogP contribution in [0.3, 0.4) is 0 Å². The zero-order chi connectivity index (χ0) is 20.3. The van der Waals surface area contributed by atoms with Crippen LogP contribution in [-0.2, 0) is 17.5 Å². The molecule has 0 unspecified atom stereocenters. The Kier molecular flexibility index (Phi) is 5.51. The summed E-state index contributed by atoms with van der Waals surface area (Å²) < 4.78 is 39.7. The average molecular weight is 408 g/mol. The maximum atomic E-state index is 12.9. The quantitative estimate of drug-likeness (QED) is 0.704. The Balaban J connectivity index is 1.80. The average Bonchev–Trinajstić information content (AvgIpc) is 2.65. The van der Waals surface area contributed by atoms with E-state index >= 15 is 0 Å². The molecule has 3 aromatic rings. The van der Waals surface area contributed by atoms with Crippen molar-refractivity contribution < 1.29 is 18.0 Å². The van der Waals surface area contributed by atoms with Crippen LogP contribution in [-0.4, -0.2) is 15.7 Å². The van der Waals surface area contributed by atoms with Gasteiger partial charge in [-0.3, -0.25) is 9.59 Å². The van der Waals surface area contributed by atoms with Crippen LogP contribution in [0, 0.1) is 0 Å². The molecule has 2 aromatic carbocycles. The number of rotatable bonds is 4. The van der Waals surface area contributed by atoms with Gasteiger partial charge in [0, 0.05) is 17.3 Å². The molecule has 144 valence electrons. The van der Waals surface area contributed by atoms with E-state index in [4.69, 9.17) is 11.6 Å². The number of halogens is 4. The van der Waals surface area contributed by atoms with E-state index in [0.717, 1.165) is 22.4 Å². The molecule has 1 N–H and O–H groups in total. The molecule has 0 aliphatic heterocycles. The number of aromatic nitrogens is 2. The minimum Gasteiger partial charge on any atom is -0.324 e. The minimum absolute atomic E-state index is 0.0889. The summed E-state index contributed by atoms with van der Waals surface area (Å²) in [5.41, 5.74) is -0.424. The lowest BCUT2D eigenvalue weighted by atomic mass is 10.1. The number of nitrogens with one attached hydrogen (secondary N) is 1. The van der Waals surface area contributed by atoms with Crippen LogP contribution in [0.4, 0.5) is 18.9 Å². The molecule has 0 atom stereocenters. The lowest BCUT2D eigenvalue weighted by molar-refractivity contribution is -0.137. The summed E-state index contributed by atoms with van der Waals surface area (Å²) in [7, 11) is 0. The van der Waals surface area contributed by atoms with Crippen LogP contribution in [0.15, 0.2) is 65.5 Å². The summed E-state index contributed by atoms with van der Waals surface area (Å²) in [6.07, 6.45) is -4.65. The van der Waals surface area contributed by atoms with E-state index in [1.807, 2.05) is 6.07 Å². The van der Waals surface area contributed by atoms with Crippen molar-refractivity contribution in [1.29, 1.82) is 0 Å². The first kappa shape index (κ1) is 19.6. The third-order valence-corrected chi connectivity index (χ3v) is 4.11. The Bertz CT molecular complexity index is 1070. The molecular formula is C19H13ClF3N3O2. The second kappa shape index (κ2) is 7.85. The van der Waals surface area contributed by atoms with Crippen molar-refractivity contribution in [2.45, 2.75) is 12.7 Å². The van der Waals surface area contributed by atoms with Gasteiger partial charge in [-0.2, -0.15) is 18.3 Å². The second-order valence-corrected chi connectivity index (χ2v) is 6.23. The number of anilines is 1. The Morgan fingerprint density at radius 1 is 1.07 bits per heavy atom. The van der Waals surface area contributed by atoms with Gasteiger partial charge in [0.05, 0.1) is 16.3 Å². The number of amides is 1. The van der Waals surface area contributed by atoms with Gasteiger partial charge in [0.2, 0.25) is 5.91 Å². The van der Waals surface area contributed by atoms with Gasteiger partial charge in [-0.15, -0.1) is 0 Å². The van der Waals surface area contributed by atoms with Crippen LogP contribution in [0.5, 0.6) is 0 Å². The molecule has 5 nitrogen and oxygen atoms in total. The largest absolute Gasteiger partial charge is 0.417 e. The molecule has 3 rings (SSSR count). The summed E-state index contributed by atoms with van der Waals surface area (Å²) in [4.78, 5) is 24.2. The standard InChI is InChI=1S/C19H13ClF3N3O2/c20-15-7-6-13(10-14(15)19(21,22)23)24-17(27)11-26-18(28)9-8-16(25-26)12-4-2-1-3-5-12/h1-10H,11H2,(H,24,27). The van der Waals surface area contributed by atoms with Crippen LogP contribution in [0.25, 0.3) is 11.3 Å². The summed E-state index contributed by atoms with van der Waals surface area (Å²) in [6, 6.07) is 14.8. The molecule has 1 aromatic heterocycles. The van der Waals surface area contributed by atoms with Crippen molar-refractivity contribution >= 4 is 23.2 Å². The van der Waals surface area contributed by atoms with Gasteiger partial charge < -0.3 is 5.32 Å². The number of alkyl halides is 3. The Hall–Kier alpha value is -3.13. The SMILES string of the molecule is O=C(Cn1nc(-c2ccccc2)ccc1=O)Nc1ccc(Cl)c(C(F)(F)F)c1. The number of nitrogens with zero attached hydrogens (tertiary/aromatic N) is 2. The molecule has 28 heavy (non-hydrogen) atoms. The lowest BCUT2D eigenvalue weighted by Gasteiger charge is -2.12. The first-order chi connectivity index (χ1) is 13.2. The van der Waals surface area contributed by atoms with Gasteiger partial charge in [0.25, 0.3) is 5.56 Å². The Labute approximate surface area is 162 Å². The van der Waals surface area contributed by atoms with E-state index in [-0.39, 0.29) is 5.69 Å². The maximum absolute atomic E-state index is 12.9. The van der Waals surface area contributed by atoms with E-state index in [9.17, 15) is 22.8 Å².